The Morgan fingerprint density at radius 3 is 2.11 bits per heavy atom. The van der Waals surface area contributed by atoms with E-state index in [4.69, 9.17) is 11.5 Å². The number of benzene rings is 2. The number of ketones is 2. The summed E-state index contributed by atoms with van der Waals surface area (Å²) in [5, 5.41) is 13.4. The van der Waals surface area contributed by atoms with E-state index in [0.29, 0.717) is 23.4 Å². The quantitative estimate of drug-likeness (QED) is 0.0754. The molecular weight excluding hydrogens is 819 g/mol. The number of nitrogens with two attached hydrogens (primary N) is 2. The topological polar surface area (TPSA) is 272 Å². The third-order valence-electron chi connectivity index (χ3n) is 10.5. The number of carbonyl (C=O) groups excluding carboxylic acids is 9. The van der Waals surface area contributed by atoms with Crippen LogP contribution in [0.3, 0.4) is 0 Å². The summed E-state index contributed by atoms with van der Waals surface area (Å²) in [6.45, 7) is 7.73. The van der Waals surface area contributed by atoms with Crippen molar-refractivity contribution in [3.63, 3.8) is 0 Å². The Balaban J connectivity index is 1.54. The predicted octanol–water partition coefficient (Wildman–Crippen LogP) is 0.304. The van der Waals surface area contributed by atoms with Crippen molar-refractivity contribution < 1.29 is 43.2 Å². The van der Waals surface area contributed by atoms with E-state index < -0.39 is 84.1 Å². The van der Waals surface area contributed by atoms with Gasteiger partial charge >= 0.3 is 0 Å². The zero-order valence-corrected chi connectivity index (χ0v) is 36.9. The number of fused-ring (bicyclic) bond motifs is 2. The first-order valence-corrected chi connectivity index (χ1v) is 22.2. The molecule has 9 N–H and O–H groups in total. The molecule has 4 rings (SSSR count). The fourth-order valence-corrected chi connectivity index (χ4v) is 7.80. The van der Waals surface area contributed by atoms with Crippen LogP contribution >= 0.6 is 11.8 Å². The van der Waals surface area contributed by atoms with Gasteiger partial charge in [-0.1, -0.05) is 50.2 Å². The monoisotopic (exact) mass is 877 g/mol. The summed E-state index contributed by atoms with van der Waals surface area (Å²) in [5.74, 6) is -4.72. The maximum atomic E-state index is 14.5. The summed E-state index contributed by atoms with van der Waals surface area (Å²) in [7, 11) is 0. The Bertz CT molecular complexity index is 2040. The normalized spacial score (nSPS) is 16.8. The molecule has 6 atom stereocenters. The van der Waals surface area contributed by atoms with Gasteiger partial charge in [-0.3, -0.25) is 48.1 Å². The van der Waals surface area contributed by atoms with Gasteiger partial charge in [0.25, 0.3) is 11.8 Å². The number of hydrogen-bond donors (Lipinski definition) is 7. The highest BCUT2D eigenvalue weighted by atomic mass is 32.2. The average Bonchev–Trinajstić information content (AvgIpc) is 3.73. The SMILES string of the molecule is CSC[C@H](N)C(=O)NCC(=O)N[C@@H](CC(C)C)C(=O)N1CCC[C@H]1C(=O)N(CCCNc1cccc2c1C(=O)c1ccccc1C2=O)C(=O)[C@H](C)NC(=O)[C@H](C)NC(=O)[C@@H](C)N. The highest BCUT2D eigenvalue weighted by Crippen LogP contribution is 2.32. The summed E-state index contributed by atoms with van der Waals surface area (Å²) in [5.41, 5.74) is 12.9. The predicted molar refractivity (Wildman–Crippen MR) is 234 cm³/mol. The van der Waals surface area contributed by atoms with Gasteiger partial charge in [-0.05, 0) is 64.7 Å². The lowest BCUT2D eigenvalue weighted by Gasteiger charge is -2.33. The summed E-state index contributed by atoms with van der Waals surface area (Å²) in [6, 6.07) is 5.31. The molecule has 18 nitrogen and oxygen atoms in total. The molecule has 1 heterocycles. The van der Waals surface area contributed by atoms with Gasteiger partial charge in [0.2, 0.25) is 29.5 Å². The van der Waals surface area contributed by atoms with Gasteiger partial charge in [-0.2, -0.15) is 11.8 Å². The van der Waals surface area contributed by atoms with Crippen LogP contribution in [0.1, 0.15) is 92.1 Å². The van der Waals surface area contributed by atoms with Gasteiger partial charge in [0.15, 0.2) is 11.6 Å². The summed E-state index contributed by atoms with van der Waals surface area (Å²) >= 11 is 1.38. The zero-order chi connectivity index (χ0) is 45.8. The summed E-state index contributed by atoms with van der Waals surface area (Å²) in [4.78, 5) is 123. The first-order valence-electron chi connectivity index (χ1n) is 20.8. The second-order valence-corrected chi connectivity index (χ2v) is 16.9. The number of rotatable bonds is 20. The first-order chi connectivity index (χ1) is 29.4. The minimum Gasteiger partial charge on any atom is -0.384 e. The van der Waals surface area contributed by atoms with E-state index in [0.717, 1.165) is 4.90 Å². The van der Waals surface area contributed by atoms with Gasteiger partial charge in [0, 0.05) is 47.8 Å². The Morgan fingerprint density at radius 2 is 1.47 bits per heavy atom. The molecule has 0 bridgehead atoms. The van der Waals surface area contributed by atoms with Crippen molar-refractivity contribution in [1.82, 2.24) is 31.1 Å². The van der Waals surface area contributed by atoms with E-state index >= 15 is 0 Å². The number of thioether (sulfide) groups is 1. The Hall–Kier alpha value is -5.66. The molecule has 1 aliphatic carbocycles. The maximum Gasteiger partial charge on any atom is 0.252 e. The third kappa shape index (κ3) is 12.3. The summed E-state index contributed by atoms with van der Waals surface area (Å²) in [6.07, 6.45) is 2.81. The molecule has 1 aliphatic heterocycles. The van der Waals surface area contributed by atoms with E-state index in [-0.39, 0.29) is 73.1 Å². The van der Waals surface area contributed by atoms with Crippen LogP contribution in [-0.2, 0) is 33.6 Å². The van der Waals surface area contributed by atoms with Crippen molar-refractivity contribution in [3.8, 4) is 0 Å². The smallest absolute Gasteiger partial charge is 0.252 e. The average molecular weight is 878 g/mol. The third-order valence-corrected chi connectivity index (χ3v) is 11.2. The molecule has 0 spiro atoms. The highest BCUT2D eigenvalue weighted by molar-refractivity contribution is 7.98. The molecule has 2 aliphatic rings. The van der Waals surface area contributed by atoms with Crippen LogP contribution in [0.25, 0.3) is 0 Å². The Labute approximate surface area is 365 Å². The zero-order valence-electron chi connectivity index (χ0n) is 36.1. The minimum absolute atomic E-state index is 0.0562. The number of amides is 7. The Kier molecular flexibility index (Phi) is 17.7. The second-order valence-electron chi connectivity index (χ2n) is 16.0. The van der Waals surface area contributed by atoms with Crippen molar-refractivity contribution >= 4 is 70.4 Å². The number of hydrogen-bond acceptors (Lipinski definition) is 13. The molecule has 7 amide bonds. The summed E-state index contributed by atoms with van der Waals surface area (Å²) < 4.78 is 0. The van der Waals surface area contributed by atoms with Gasteiger partial charge in [0.1, 0.15) is 24.2 Å². The fraction of sp³-hybridized carbons (Fsp3) is 0.512. The highest BCUT2D eigenvalue weighted by Gasteiger charge is 2.42. The number of anilines is 1. The molecular formula is C43H59N9O9S. The second kappa shape index (κ2) is 22.4. The van der Waals surface area contributed by atoms with E-state index in [9.17, 15) is 43.2 Å². The first kappa shape index (κ1) is 49.0. The van der Waals surface area contributed by atoms with Crippen molar-refractivity contribution in [2.45, 2.75) is 96.6 Å². The lowest BCUT2D eigenvalue weighted by molar-refractivity contribution is -0.153. The van der Waals surface area contributed by atoms with Crippen molar-refractivity contribution in [3.05, 3.63) is 64.7 Å². The fourth-order valence-electron chi connectivity index (χ4n) is 7.29. The number of nitrogens with one attached hydrogen (secondary N) is 5. The van der Waals surface area contributed by atoms with Gasteiger partial charge < -0.3 is 43.0 Å². The molecule has 0 unspecified atom stereocenters. The van der Waals surface area contributed by atoms with Crippen molar-refractivity contribution in [2.75, 3.05) is 43.5 Å². The lowest BCUT2D eigenvalue weighted by Crippen LogP contribution is -2.59. The van der Waals surface area contributed by atoms with Crippen molar-refractivity contribution in [1.29, 1.82) is 0 Å². The molecule has 336 valence electrons. The molecule has 19 heteroatoms. The molecule has 2 aromatic rings. The van der Waals surface area contributed by atoms with Gasteiger partial charge in [-0.25, -0.2) is 0 Å². The number of carbonyl (C=O) groups is 9. The number of likely N-dealkylation sites (tertiary alicyclic amines) is 1. The minimum atomic E-state index is -1.25. The van der Waals surface area contributed by atoms with Crippen LogP contribution in [0.4, 0.5) is 5.69 Å². The lowest BCUT2D eigenvalue weighted by atomic mass is 9.83. The van der Waals surface area contributed by atoms with Crippen LogP contribution < -0.4 is 38.1 Å². The van der Waals surface area contributed by atoms with Crippen molar-refractivity contribution in [2.24, 2.45) is 17.4 Å². The maximum absolute atomic E-state index is 14.5. The van der Waals surface area contributed by atoms with Crippen LogP contribution in [0.2, 0.25) is 0 Å². The molecule has 1 fully saturated rings. The van der Waals surface area contributed by atoms with Crippen LogP contribution in [0, 0.1) is 5.92 Å². The van der Waals surface area contributed by atoms with E-state index in [1.807, 2.05) is 13.8 Å². The van der Waals surface area contributed by atoms with Crippen LogP contribution in [-0.4, -0.2) is 137 Å². The van der Waals surface area contributed by atoms with E-state index in [2.05, 4.69) is 26.6 Å². The van der Waals surface area contributed by atoms with Crippen LogP contribution in [0.5, 0.6) is 0 Å². The molecule has 0 saturated carbocycles. The van der Waals surface area contributed by atoms with Crippen LogP contribution in [0.15, 0.2) is 42.5 Å². The number of nitrogens with zero attached hydrogens (tertiary/aromatic N) is 2. The standard InChI is InChI=1S/C43H59N9O9S/c1-23(2)20-32(50-34(53)21-47-40(58)30(45)22-62-6)42(60)51-18-10-16-33(51)43(61)52(41(59)26(5)49-39(57)25(4)48-38(56)24(3)44)19-11-17-46-31-15-9-14-29-35(31)37(55)28-13-8-7-12-27(28)36(29)54/h7-9,12-15,23-26,30,32-33,46H,10-11,16-22,44-45H2,1-6H3,(H,47,58)(H,48,56)(H,49,57)(H,50,53)/t24-,25+,26+,30+,32+,33+/m1/s1. The number of imide groups is 1. The molecule has 2 aromatic carbocycles. The molecule has 62 heavy (non-hydrogen) atoms. The largest absolute Gasteiger partial charge is 0.384 e. The molecule has 0 aromatic heterocycles. The Morgan fingerprint density at radius 1 is 0.823 bits per heavy atom. The molecule has 1 saturated heterocycles. The van der Waals surface area contributed by atoms with Gasteiger partial charge in [0.05, 0.1) is 24.2 Å². The molecule has 0 radical (unpaired) electrons. The van der Waals surface area contributed by atoms with E-state index in [1.165, 1.54) is 37.4 Å². The van der Waals surface area contributed by atoms with Gasteiger partial charge in [-0.15, -0.1) is 0 Å². The van der Waals surface area contributed by atoms with E-state index in [1.54, 1.807) is 48.7 Å².